The predicted molar refractivity (Wildman–Crippen MR) is 78.8 cm³/mol. The fourth-order valence-electron chi connectivity index (χ4n) is 2.58. The molecule has 0 spiro atoms. The zero-order valence-electron chi connectivity index (χ0n) is 10.9. The highest BCUT2D eigenvalue weighted by atomic mass is 79.9. The van der Waals surface area contributed by atoms with E-state index in [1.807, 2.05) is 0 Å². The molecule has 0 N–H and O–H groups in total. The molecule has 0 amide bonds. The van der Waals surface area contributed by atoms with Crippen molar-refractivity contribution in [3.63, 3.8) is 0 Å². The van der Waals surface area contributed by atoms with Crippen LogP contribution in [-0.4, -0.2) is 9.55 Å². The molecule has 2 aromatic rings. The smallest absolute Gasteiger partial charge is 0.139 e. The number of rotatable bonds is 3. The molecule has 1 aliphatic carbocycles. The number of imidazole rings is 1. The Morgan fingerprint density at radius 3 is 2.79 bits per heavy atom. The number of hydrogen-bond acceptors (Lipinski definition) is 1. The van der Waals surface area contributed by atoms with Gasteiger partial charge in [-0.15, -0.1) is 11.6 Å². The maximum absolute atomic E-state index is 13.6. The van der Waals surface area contributed by atoms with Gasteiger partial charge in [0.2, 0.25) is 0 Å². The first-order chi connectivity index (χ1) is 8.92. The van der Waals surface area contributed by atoms with Crippen LogP contribution in [0.3, 0.4) is 0 Å². The molecule has 0 saturated heterocycles. The maximum Gasteiger partial charge on any atom is 0.139 e. The Balaban J connectivity index is 2.08. The van der Waals surface area contributed by atoms with E-state index in [2.05, 4.69) is 39.3 Å². The lowest BCUT2D eigenvalue weighted by Gasteiger charge is -2.09. The van der Waals surface area contributed by atoms with Crippen LogP contribution in [0.2, 0.25) is 0 Å². The van der Waals surface area contributed by atoms with Crippen LogP contribution >= 0.6 is 27.5 Å². The van der Waals surface area contributed by atoms with Gasteiger partial charge in [0.15, 0.2) is 0 Å². The van der Waals surface area contributed by atoms with Gasteiger partial charge in [-0.2, -0.15) is 0 Å². The molecule has 0 aliphatic heterocycles. The lowest BCUT2D eigenvalue weighted by molar-refractivity contribution is 0.498. The second-order valence-electron chi connectivity index (χ2n) is 5.92. The van der Waals surface area contributed by atoms with Crippen molar-refractivity contribution < 1.29 is 4.39 Å². The largest absolute Gasteiger partial charge is 0.327 e. The molecule has 1 aromatic carbocycles. The van der Waals surface area contributed by atoms with Gasteiger partial charge in [-0.05, 0) is 39.8 Å². The molecule has 1 unspecified atom stereocenters. The van der Waals surface area contributed by atoms with Crippen LogP contribution in [0.1, 0.15) is 26.1 Å². The second-order valence-corrected chi connectivity index (χ2v) is 7.04. The van der Waals surface area contributed by atoms with Gasteiger partial charge in [0, 0.05) is 12.6 Å². The first-order valence-corrected chi connectivity index (χ1v) is 7.65. The summed E-state index contributed by atoms with van der Waals surface area (Å²) in [5.41, 5.74) is 2.03. The molecule has 1 fully saturated rings. The molecule has 19 heavy (non-hydrogen) atoms. The molecule has 1 heterocycles. The Morgan fingerprint density at radius 1 is 1.53 bits per heavy atom. The molecule has 1 aliphatic rings. The summed E-state index contributed by atoms with van der Waals surface area (Å²) in [7, 11) is 0. The number of aromatic nitrogens is 2. The zero-order chi connectivity index (χ0) is 13.8. The van der Waals surface area contributed by atoms with Crippen molar-refractivity contribution in [2.75, 3.05) is 0 Å². The number of hydrogen-bond donors (Lipinski definition) is 0. The van der Waals surface area contributed by atoms with Crippen LogP contribution in [-0.2, 0) is 12.4 Å². The van der Waals surface area contributed by atoms with Crippen molar-refractivity contribution in [2.45, 2.75) is 32.7 Å². The predicted octanol–water partition coefficient (Wildman–Crippen LogP) is 4.72. The summed E-state index contributed by atoms with van der Waals surface area (Å²) in [6.07, 6.45) is 1.22. The van der Waals surface area contributed by atoms with Crippen molar-refractivity contribution in [1.29, 1.82) is 0 Å². The molecule has 0 radical (unpaired) electrons. The van der Waals surface area contributed by atoms with Gasteiger partial charge in [0.05, 0.1) is 21.4 Å². The Kier molecular flexibility index (Phi) is 3.13. The Labute approximate surface area is 125 Å². The number of fused-ring (bicyclic) bond motifs is 1. The van der Waals surface area contributed by atoms with Gasteiger partial charge in [0.25, 0.3) is 0 Å². The summed E-state index contributed by atoms with van der Waals surface area (Å²) in [6, 6.07) is 3.26. The third kappa shape index (κ3) is 2.29. The lowest BCUT2D eigenvalue weighted by atomic mass is 10.1. The minimum absolute atomic E-state index is 0.287. The van der Waals surface area contributed by atoms with Gasteiger partial charge in [-0.25, -0.2) is 9.37 Å². The summed E-state index contributed by atoms with van der Waals surface area (Å²) in [5.74, 6) is 1.53. The zero-order valence-corrected chi connectivity index (χ0v) is 13.2. The van der Waals surface area contributed by atoms with E-state index in [1.165, 1.54) is 12.5 Å². The molecule has 1 atom stereocenters. The van der Waals surface area contributed by atoms with E-state index in [0.717, 1.165) is 17.9 Å². The van der Waals surface area contributed by atoms with Gasteiger partial charge >= 0.3 is 0 Å². The number of halogens is 3. The van der Waals surface area contributed by atoms with E-state index in [0.29, 0.717) is 27.2 Å². The van der Waals surface area contributed by atoms with Gasteiger partial charge in [-0.1, -0.05) is 13.8 Å². The van der Waals surface area contributed by atoms with Crippen LogP contribution in [0.5, 0.6) is 0 Å². The summed E-state index contributed by atoms with van der Waals surface area (Å²) in [5, 5.41) is 0. The highest BCUT2D eigenvalue weighted by Gasteiger charge is 2.45. The highest BCUT2D eigenvalue weighted by Crippen LogP contribution is 2.52. The fraction of sp³-hybridized carbons (Fsp3) is 0.500. The number of benzene rings is 1. The van der Waals surface area contributed by atoms with E-state index < -0.39 is 0 Å². The maximum atomic E-state index is 13.6. The first kappa shape index (κ1) is 13.4. The first-order valence-electron chi connectivity index (χ1n) is 6.32. The Morgan fingerprint density at radius 2 is 2.21 bits per heavy atom. The third-order valence-electron chi connectivity index (χ3n) is 4.11. The van der Waals surface area contributed by atoms with Crippen LogP contribution in [0.15, 0.2) is 16.6 Å². The standard InChI is InChI=1S/C14H15BrClFN2/c1-14(2)5-8(14)7-19-12-3-9(15)10(17)4-11(12)18-13(19)6-16/h3-4,8H,5-7H2,1-2H3. The third-order valence-corrected chi connectivity index (χ3v) is 4.96. The summed E-state index contributed by atoms with van der Waals surface area (Å²) < 4.78 is 16.2. The van der Waals surface area contributed by atoms with Crippen LogP contribution < -0.4 is 0 Å². The minimum Gasteiger partial charge on any atom is -0.327 e. The quantitative estimate of drug-likeness (QED) is 0.736. The van der Waals surface area contributed by atoms with Gasteiger partial charge in [-0.3, -0.25) is 0 Å². The van der Waals surface area contributed by atoms with Crippen LogP contribution in [0, 0.1) is 17.2 Å². The van der Waals surface area contributed by atoms with Crippen molar-refractivity contribution >= 4 is 38.6 Å². The molecular weight excluding hydrogens is 331 g/mol. The average Bonchev–Trinajstić information content (AvgIpc) is 2.80. The fourth-order valence-corrected chi connectivity index (χ4v) is 3.12. The minimum atomic E-state index is -0.287. The molecule has 3 rings (SSSR count). The normalized spacial score (nSPS) is 21.0. The van der Waals surface area contributed by atoms with E-state index >= 15 is 0 Å². The van der Waals surface area contributed by atoms with E-state index in [1.54, 1.807) is 6.07 Å². The van der Waals surface area contributed by atoms with Crippen molar-refractivity contribution in [3.8, 4) is 0 Å². The molecular formula is C14H15BrClFN2. The molecule has 1 aromatic heterocycles. The summed E-state index contributed by atoms with van der Waals surface area (Å²) >= 11 is 9.21. The van der Waals surface area contributed by atoms with Gasteiger partial charge < -0.3 is 4.57 Å². The van der Waals surface area contributed by atoms with E-state index in [-0.39, 0.29) is 5.82 Å². The summed E-state index contributed by atoms with van der Waals surface area (Å²) in [6.45, 7) is 5.45. The number of alkyl halides is 1. The van der Waals surface area contributed by atoms with E-state index in [4.69, 9.17) is 11.6 Å². The van der Waals surface area contributed by atoms with Crippen molar-refractivity contribution in [3.05, 3.63) is 28.2 Å². The average molecular weight is 346 g/mol. The Hall–Kier alpha value is -0.610. The lowest BCUT2D eigenvalue weighted by Crippen LogP contribution is -2.07. The van der Waals surface area contributed by atoms with Crippen molar-refractivity contribution in [2.24, 2.45) is 11.3 Å². The number of nitrogens with zero attached hydrogens (tertiary/aromatic N) is 2. The van der Waals surface area contributed by atoms with Crippen LogP contribution in [0.4, 0.5) is 4.39 Å². The summed E-state index contributed by atoms with van der Waals surface area (Å²) in [4.78, 5) is 4.43. The molecule has 1 saturated carbocycles. The topological polar surface area (TPSA) is 17.8 Å². The van der Waals surface area contributed by atoms with Crippen molar-refractivity contribution in [1.82, 2.24) is 9.55 Å². The van der Waals surface area contributed by atoms with E-state index in [9.17, 15) is 4.39 Å². The molecule has 5 heteroatoms. The molecule has 0 bridgehead atoms. The molecule has 102 valence electrons. The van der Waals surface area contributed by atoms with Crippen LogP contribution in [0.25, 0.3) is 11.0 Å². The monoisotopic (exact) mass is 344 g/mol. The van der Waals surface area contributed by atoms with Gasteiger partial charge in [0.1, 0.15) is 11.6 Å². The SMILES string of the molecule is CC1(C)CC1Cn1c(CCl)nc2cc(F)c(Br)cc21. The molecule has 2 nitrogen and oxygen atoms in total. The highest BCUT2D eigenvalue weighted by molar-refractivity contribution is 9.10. The Bertz CT molecular complexity index is 650. The second kappa shape index (κ2) is 4.45.